The first-order chi connectivity index (χ1) is 6.97. The molecule has 1 aromatic rings. The predicted molar refractivity (Wildman–Crippen MR) is 57.4 cm³/mol. The maximum atomic E-state index is 10.8. The molecule has 0 spiro atoms. The number of benzene rings is 1. The van der Waals surface area contributed by atoms with Gasteiger partial charge >= 0.3 is 5.97 Å². The van der Waals surface area contributed by atoms with Crippen LogP contribution >= 0.6 is 0 Å². The van der Waals surface area contributed by atoms with E-state index in [9.17, 15) is 9.59 Å². The van der Waals surface area contributed by atoms with Gasteiger partial charge in [0.1, 0.15) is 6.29 Å². The number of hydrogen-bond acceptors (Lipinski definition) is 2. The summed E-state index contributed by atoms with van der Waals surface area (Å²) < 4.78 is 0. The molecule has 0 saturated heterocycles. The van der Waals surface area contributed by atoms with E-state index in [0.29, 0.717) is 5.56 Å². The van der Waals surface area contributed by atoms with Crippen molar-refractivity contribution >= 4 is 12.3 Å². The normalized spacial score (nSPS) is 10.1. The zero-order chi connectivity index (χ0) is 11.6. The first-order valence-corrected chi connectivity index (χ1v) is 4.74. The summed E-state index contributed by atoms with van der Waals surface area (Å²) in [6, 6.07) is 1.79. The molecule has 0 radical (unpaired) electrons. The minimum Gasteiger partial charge on any atom is -0.481 e. The van der Waals surface area contributed by atoms with Gasteiger partial charge in [-0.25, -0.2) is 0 Å². The summed E-state index contributed by atoms with van der Waals surface area (Å²) in [6.07, 6.45) is 0.743. The summed E-state index contributed by atoms with van der Waals surface area (Å²) in [5.74, 6) is -0.872. The van der Waals surface area contributed by atoms with Gasteiger partial charge in [-0.2, -0.15) is 0 Å². The second kappa shape index (κ2) is 4.26. The summed E-state index contributed by atoms with van der Waals surface area (Å²) in [5.41, 5.74) is 4.02. The number of carbonyl (C=O) groups is 2. The van der Waals surface area contributed by atoms with Gasteiger partial charge in [-0.3, -0.25) is 9.59 Å². The van der Waals surface area contributed by atoms with Crippen LogP contribution in [-0.4, -0.2) is 17.4 Å². The molecule has 0 atom stereocenters. The van der Waals surface area contributed by atoms with E-state index in [0.717, 1.165) is 28.5 Å². The van der Waals surface area contributed by atoms with Gasteiger partial charge in [0.05, 0.1) is 6.42 Å². The van der Waals surface area contributed by atoms with Crippen LogP contribution in [0.2, 0.25) is 0 Å². The molecule has 0 aliphatic rings. The van der Waals surface area contributed by atoms with Crippen molar-refractivity contribution in [3.05, 3.63) is 33.9 Å². The fourth-order valence-corrected chi connectivity index (χ4v) is 1.68. The lowest BCUT2D eigenvalue weighted by atomic mass is 9.92. The number of aldehydes is 1. The maximum Gasteiger partial charge on any atom is 0.307 e. The molecule has 0 bridgehead atoms. The fraction of sp³-hybridized carbons (Fsp3) is 0.333. The monoisotopic (exact) mass is 206 g/mol. The van der Waals surface area contributed by atoms with Crippen molar-refractivity contribution in [1.82, 2.24) is 0 Å². The molecule has 3 nitrogen and oxygen atoms in total. The minimum atomic E-state index is -0.872. The molecule has 0 fully saturated rings. The van der Waals surface area contributed by atoms with Crippen LogP contribution in [0.5, 0.6) is 0 Å². The molecule has 0 amide bonds. The van der Waals surface area contributed by atoms with Crippen molar-refractivity contribution in [2.75, 3.05) is 0 Å². The van der Waals surface area contributed by atoms with Crippen LogP contribution in [0.4, 0.5) is 0 Å². The lowest BCUT2D eigenvalue weighted by molar-refractivity contribution is -0.136. The van der Waals surface area contributed by atoms with Crippen molar-refractivity contribution in [3.8, 4) is 0 Å². The van der Waals surface area contributed by atoms with Gasteiger partial charge in [0.2, 0.25) is 0 Å². The van der Waals surface area contributed by atoms with Crippen LogP contribution in [0.25, 0.3) is 0 Å². The van der Waals surface area contributed by atoms with Crippen LogP contribution in [0.1, 0.15) is 32.6 Å². The van der Waals surface area contributed by atoms with Crippen LogP contribution in [0.3, 0.4) is 0 Å². The Labute approximate surface area is 88.7 Å². The molecular weight excluding hydrogens is 192 g/mol. The molecule has 1 N–H and O–H groups in total. The Balaban J connectivity index is 3.39. The minimum absolute atomic E-state index is 0.0276. The molecule has 0 aliphatic carbocycles. The van der Waals surface area contributed by atoms with Crippen LogP contribution in [-0.2, 0) is 11.2 Å². The van der Waals surface area contributed by atoms with Gasteiger partial charge in [-0.1, -0.05) is 0 Å². The zero-order valence-corrected chi connectivity index (χ0v) is 9.13. The molecule has 0 heterocycles. The standard InChI is InChI=1S/C12H14O3/c1-7-4-10(6-13)9(3)11(8(7)2)5-12(14)15/h4,6H,5H2,1-3H3,(H,14,15). The van der Waals surface area contributed by atoms with E-state index >= 15 is 0 Å². The van der Waals surface area contributed by atoms with E-state index < -0.39 is 5.97 Å². The molecular formula is C12H14O3. The zero-order valence-electron chi connectivity index (χ0n) is 9.13. The Morgan fingerprint density at radius 3 is 2.40 bits per heavy atom. The molecule has 80 valence electrons. The van der Waals surface area contributed by atoms with Crippen molar-refractivity contribution < 1.29 is 14.7 Å². The molecule has 0 unspecified atom stereocenters. The first-order valence-electron chi connectivity index (χ1n) is 4.74. The number of rotatable bonds is 3. The average molecular weight is 206 g/mol. The van der Waals surface area contributed by atoms with Crippen molar-refractivity contribution in [2.45, 2.75) is 27.2 Å². The molecule has 15 heavy (non-hydrogen) atoms. The van der Waals surface area contributed by atoms with Gasteiger partial charge in [-0.05, 0) is 49.1 Å². The van der Waals surface area contributed by atoms with E-state index in [1.807, 2.05) is 13.8 Å². The number of carboxylic acid groups (broad SMARTS) is 1. The number of carboxylic acids is 1. The van der Waals surface area contributed by atoms with Crippen LogP contribution in [0, 0.1) is 20.8 Å². The largest absolute Gasteiger partial charge is 0.481 e. The van der Waals surface area contributed by atoms with Crippen molar-refractivity contribution in [2.24, 2.45) is 0 Å². The smallest absolute Gasteiger partial charge is 0.307 e. The molecule has 1 aromatic carbocycles. The van der Waals surface area contributed by atoms with Crippen LogP contribution in [0.15, 0.2) is 6.07 Å². The first kappa shape index (κ1) is 11.4. The Kier molecular flexibility index (Phi) is 3.24. The highest BCUT2D eigenvalue weighted by Crippen LogP contribution is 2.21. The van der Waals surface area contributed by atoms with E-state index in [1.54, 1.807) is 13.0 Å². The van der Waals surface area contributed by atoms with Gasteiger partial charge < -0.3 is 5.11 Å². The van der Waals surface area contributed by atoms with Gasteiger partial charge in [-0.15, -0.1) is 0 Å². The van der Waals surface area contributed by atoms with E-state index in [1.165, 1.54) is 0 Å². The topological polar surface area (TPSA) is 54.4 Å². The number of aryl methyl sites for hydroxylation is 1. The van der Waals surface area contributed by atoms with Gasteiger partial charge in [0.25, 0.3) is 0 Å². The molecule has 0 aliphatic heterocycles. The third-order valence-electron chi connectivity index (χ3n) is 2.76. The molecule has 3 heteroatoms. The summed E-state index contributed by atoms with van der Waals surface area (Å²) in [7, 11) is 0. The summed E-state index contributed by atoms with van der Waals surface area (Å²) >= 11 is 0. The fourth-order valence-electron chi connectivity index (χ4n) is 1.68. The third kappa shape index (κ3) is 2.24. The SMILES string of the molecule is Cc1cc(C=O)c(C)c(CC(=O)O)c1C. The number of carbonyl (C=O) groups excluding carboxylic acids is 1. The highest BCUT2D eigenvalue weighted by Gasteiger charge is 2.12. The highest BCUT2D eigenvalue weighted by atomic mass is 16.4. The summed E-state index contributed by atoms with van der Waals surface area (Å²) in [5, 5.41) is 8.78. The number of hydrogen-bond donors (Lipinski definition) is 1. The Morgan fingerprint density at radius 1 is 1.33 bits per heavy atom. The molecule has 0 saturated carbocycles. The molecule has 1 rings (SSSR count). The Morgan fingerprint density at radius 2 is 1.93 bits per heavy atom. The predicted octanol–water partition coefficient (Wildman–Crippen LogP) is 2.05. The molecule has 0 aromatic heterocycles. The number of aliphatic carboxylic acids is 1. The Bertz CT molecular complexity index is 419. The van der Waals surface area contributed by atoms with E-state index in [2.05, 4.69) is 0 Å². The highest BCUT2D eigenvalue weighted by molar-refractivity contribution is 5.80. The lowest BCUT2D eigenvalue weighted by Crippen LogP contribution is -2.07. The van der Waals surface area contributed by atoms with Crippen molar-refractivity contribution in [1.29, 1.82) is 0 Å². The lowest BCUT2D eigenvalue weighted by Gasteiger charge is -2.12. The van der Waals surface area contributed by atoms with Crippen LogP contribution < -0.4 is 0 Å². The second-order valence-corrected chi connectivity index (χ2v) is 3.70. The third-order valence-corrected chi connectivity index (χ3v) is 2.76. The summed E-state index contributed by atoms with van der Waals surface area (Å²) in [4.78, 5) is 21.5. The Hall–Kier alpha value is -1.64. The summed E-state index contributed by atoms with van der Waals surface area (Å²) in [6.45, 7) is 5.55. The van der Waals surface area contributed by atoms with Gasteiger partial charge in [0, 0.05) is 5.56 Å². The van der Waals surface area contributed by atoms with Crippen molar-refractivity contribution in [3.63, 3.8) is 0 Å². The maximum absolute atomic E-state index is 10.8. The average Bonchev–Trinajstić information content (AvgIpc) is 2.18. The van der Waals surface area contributed by atoms with E-state index in [4.69, 9.17) is 5.11 Å². The quantitative estimate of drug-likeness (QED) is 0.770. The van der Waals surface area contributed by atoms with Gasteiger partial charge in [0.15, 0.2) is 0 Å². The second-order valence-electron chi connectivity index (χ2n) is 3.70. The van der Waals surface area contributed by atoms with E-state index in [-0.39, 0.29) is 6.42 Å².